The van der Waals surface area contributed by atoms with Crippen LogP contribution in [-0.2, 0) is 14.4 Å². The monoisotopic (exact) mass is 374 g/mol. The van der Waals surface area contributed by atoms with Gasteiger partial charge >= 0.3 is 0 Å². The molecule has 146 valence electrons. The number of hydrogen-bond donors (Lipinski definition) is 0. The smallest absolute Gasteiger partial charge is 0.257 e. The molecule has 0 N–H and O–H groups in total. The van der Waals surface area contributed by atoms with E-state index in [9.17, 15) is 18.8 Å². The molecule has 1 heterocycles. The van der Waals surface area contributed by atoms with Gasteiger partial charge in [-0.15, -0.1) is 0 Å². The summed E-state index contributed by atoms with van der Waals surface area (Å²) in [6.07, 6.45) is 5.61. The Kier molecular flexibility index (Phi) is 5.92. The van der Waals surface area contributed by atoms with Gasteiger partial charge in [0, 0.05) is 12.0 Å². The highest BCUT2D eigenvalue weighted by atomic mass is 19.1. The molecule has 1 aliphatic heterocycles. The highest BCUT2D eigenvalue weighted by Crippen LogP contribution is 2.32. The Labute approximate surface area is 159 Å². The number of nitrogens with zero attached hydrogens (tertiary/aromatic N) is 2. The molecule has 2 atom stereocenters. The van der Waals surface area contributed by atoms with Crippen LogP contribution >= 0.6 is 0 Å². The van der Waals surface area contributed by atoms with Crippen LogP contribution in [0, 0.1) is 11.7 Å². The molecule has 27 heavy (non-hydrogen) atoms. The molecule has 0 spiro atoms. The van der Waals surface area contributed by atoms with E-state index in [1.807, 2.05) is 13.8 Å². The van der Waals surface area contributed by atoms with Crippen molar-refractivity contribution in [1.29, 1.82) is 0 Å². The van der Waals surface area contributed by atoms with Crippen LogP contribution in [0.5, 0.6) is 0 Å². The summed E-state index contributed by atoms with van der Waals surface area (Å²) in [5.74, 6) is -1.23. The molecule has 1 saturated heterocycles. The Hall–Kier alpha value is -2.24. The maximum absolute atomic E-state index is 13.2. The normalized spacial score (nSPS) is 22.2. The lowest BCUT2D eigenvalue weighted by Gasteiger charge is -2.36. The molecule has 3 amide bonds. The maximum Gasteiger partial charge on any atom is 0.257 e. The van der Waals surface area contributed by atoms with Gasteiger partial charge in [0.2, 0.25) is 11.8 Å². The van der Waals surface area contributed by atoms with E-state index >= 15 is 0 Å². The Balaban J connectivity index is 1.86. The van der Waals surface area contributed by atoms with Crippen molar-refractivity contribution in [1.82, 2.24) is 4.90 Å². The molecule has 1 aromatic rings. The van der Waals surface area contributed by atoms with Gasteiger partial charge in [-0.05, 0) is 50.5 Å². The Bertz CT molecular complexity index is 713. The number of halogens is 1. The average Bonchev–Trinajstić information content (AvgIpc) is 2.97. The van der Waals surface area contributed by atoms with E-state index in [-0.39, 0.29) is 30.2 Å². The Morgan fingerprint density at radius 2 is 1.81 bits per heavy atom. The summed E-state index contributed by atoms with van der Waals surface area (Å²) in [7, 11) is 0. The molecular formula is C21H27FN2O3. The standard InChI is InChI=1S/C21H27FN2O3/c1-3-14(2)23(20(26)15-7-5-4-6-8-15)18-13-19(25)24(21(18)27)17-11-9-16(22)10-12-17/h9-12,14-15,18H,3-8,13H2,1-2H3. The fourth-order valence-electron chi connectivity index (χ4n) is 4.13. The fourth-order valence-corrected chi connectivity index (χ4v) is 4.13. The molecule has 3 rings (SSSR count). The van der Waals surface area contributed by atoms with Crippen molar-refractivity contribution in [3.63, 3.8) is 0 Å². The molecule has 1 saturated carbocycles. The van der Waals surface area contributed by atoms with E-state index in [1.54, 1.807) is 4.90 Å². The van der Waals surface area contributed by atoms with Gasteiger partial charge in [0.25, 0.3) is 5.91 Å². The first-order chi connectivity index (χ1) is 12.9. The first kappa shape index (κ1) is 19.5. The lowest BCUT2D eigenvalue weighted by atomic mass is 9.87. The Morgan fingerprint density at radius 3 is 2.41 bits per heavy atom. The van der Waals surface area contributed by atoms with E-state index in [0.29, 0.717) is 12.1 Å². The summed E-state index contributed by atoms with van der Waals surface area (Å²) in [4.78, 5) is 41.6. The molecule has 0 radical (unpaired) electrons. The van der Waals surface area contributed by atoms with Crippen LogP contribution < -0.4 is 4.90 Å². The molecule has 1 aliphatic carbocycles. The van der Waals surface area contributed by atoms with Crippen molar-refractivity contribution >= 4 is 23.4 Å². The lowest BCUT2D eigenvalue weighted by molar-refractivity contribution is -0.145. The van der Waals surface area contributed by atoms with Crippen molar-refractivity contribution in [2.75, 3.05) is 4.90 Å². The van der Waals surface area contributed by atoms with Gasteiger partial charge in [0.05, 0.1) is 12.1 Å². The predicted molar refractivity (Wildman–Crippen MR) is 100 cm³/mol. The Morgan fingerprint density at radius 1 is 1.19 bits per heavy atom. The minimum Gasteiger partial charge on any atom is -0.327 e. The molecule has 6 heteroatoms. The minimum atomic E-state index is -0.771. The van der Waals surface area contributed by atoms with Gasteiger partial charge in [0.15, 0.2) is 0 Å². The largest absolute Gasteiger partial charge is 0.327 e. The zero-order valence-corrected chi connectivity index (χ0v) is 16.0. The maximum atomic E-state index is 13.2. The highest BCUT2D eigenvalue weighted by Gasteiger charge is 2.46. The molecule has 2 fully saturated rings. The third-order valence-electron chi connectivity index (χ3n) is 5.82. The SMILES string of the molecule is CCC(C)N(C(=O)C1CCCCC1)C1CC(=O)N(c2ccc(F)cc2)C1=O. The molecule has 0 aromatic heterocycles. The minimum absolute atomic E-state index is 0.00356. The van der Waals surface area contributed by atoms with Gasteiger partial charge < -0.3 is 4.90 Å². The molecular weight excluding hydrogens is 347 g/mol. The summed E-state index contributed by atoms with van der Waals surface area (Å²) < 4.78 is 13.2. The second-order valence-electron chi connectivity index (χ2n) is 7.60. The summed E-state index contributed by atoms with van der Waals surface area (Å²) in [6.45, 7) is 3.91. The van der Waals surface area contributed by atoms with Gasteiger partial charge in [-0.3, -0.25) is 14.4 Å². The summed E-state index contributed by atoms with van der Waals surface area (Å²) in [5.41, 5.74) is 0.350. The molecule has 5 nitrogen and oxygen atoms in total. The first-order valence-electron chi connectivity index (χ1n) is 9.88. The third kappa shape index (κ3) is 3.89. The fraction of sp³-hybridized carbons (Fsp3) is 0.571. The van der Waals surface area contributed by atoms with Crippen LogP contribution in [0.25, 0.3) is 0 Å². The highest BCUT2D eigenvalue weighted by molar-refractivity contribution is 6.23. The van der Waals surface area contributed by atoms with Gasteiger partial charge in [-0.2, -0.15) is 0 Å². The van der Waals surface area contributed by atoms with Crippen LogP contribution in [0.1, 0.15) is 58.8 Å². The van der Waals surface area contributed by atoms with Gasteiger partial charge in [0.1, 0.15) is 11.9 Å². The van der Waals surface area contributed by atoms with Crippen LogP contribution in [-0.4, -0.2) is 34.7 Å². The number of rotatable bonds is 5. The average molecular weight is 374 g/mol. The third-order valence-corrected chi connectivity index (χ3v) is 5.82. The van der Waals surface area contributed by atoms with Gasteiger partial charge in [-0.25, -0.2) is 9.29 Å². The van der Waals surface area contributed by atoms with Gasteiger partial charge in [-0.1, -0.05) is 26.2 Å². The summed E-state index contributed by atoms with van der Waals surface area (Å²) >= 11 is 0. The predicted octanol–water partition coefficient (Wildman–Crippen LogP) is 3.67. The number of hydrogen-bond acceptors (Lipinski definition) is 3. The van der Waals surface area contributed by atoms with E-state index in [2.05, 4.69) is 0 Å². The van der Waals surface area contributed by atoms with Crippen LogP contribution in [0.4, 0.5) is 10.1 Å². The second kappa shape index (κ2) is 8.19. The topological polar surface area (TPSA) is 57.7 Å². The second-order valence-corrected chi connectivity index (χ2v) is 7.60. The van der Waals surface area contributed by atoms with Crippen molar-refractivity contribution in [2.24, 2.45) is 5.92 Å². The first-order valence-corrected chi connectivity index (χ1v) is 9.88. The summed E-state index contributed by atoms with van der Waals surface area (Å²) in [5, 5.41) is 0. The zero-order valence-electron chi connectivity index (χ0n) is 16.0. The van der Waals surface area contributed by atoms with Crippen molar-refractivity contribution in [3.8, 4) is 0 Å². The number of carbonyl (C=O) groups is 3. The number of benzene rings is 1. The zero-order chi connectivity index (χ0) is 19.6. The van der Waals surface area contributed by atoms with E-state index in [1.165, 1.54) is 24.3 Å². The molecule has 2 unspecified atom stereocenters. The van der Waals surface area contributed by atoms with Crippen LogP contribution in [0.3, 0.4) is 0 Å². The quantitative estimate of drug-likeness (QED) is 0.739. The van der Waals surface area contributed by atoms with Crippen LogP contribution in [0.2, 0.25) is 0 Å². The molecule has 2 aliphatic rings. The number of imide groups is 1. The van der Waals surface area contributed by atoms with Crippen molar-refractivity contribution in [2.45, 2.75) is 70.9 Å². The number of carbonyl (C=O) groups excluding carboxylic acids is 3. The van der Waals surface area contributed by atoms with Crippen molar-refractivity contribution < 1.29 is 18.8 Å². The van der Waals surface area contributed by atoms with E-state index in [4.69, 9.17) is 0 Å². The molecule has 1 aromatic carbocycles. The van der Waals surface area contributed by atoms with Crippen LogP contribution in [0.15, 0.2) is 24.3 Å². The number of anilines is 1. The van der Waals surface area contributed by atoms with E-state index in [0.717, 1.165) is 37.0 Å². The summed E-state index contributed by atoms with van der Waals surface area (Å²) in [6, 6.07) is 4.40. The van der Waals surface area contributed by atoms with Crippen molar-refractivity contribution in [3.05, 3.63) is 30.1 Å². The molecule has 0 bridgehead atoms. The number of amides is 3. The lowest BCUT2D eigenvalue weighted by Crippen LogP contribution is -2.52. The van der Waals surface area contributed by atoms with E-state index < -0.39 is 17.8 Å².